The van der Waals surface area contributed by atoms with Crippen LogP contribution < -0.4 is 0 Å². The first-order valence-corrected chi connectivity index (χ1v) is 11.9. The van der Waals surface area contributed by atoms with Crippen molar-refractivity contribution in [3.63, 3.8) is 0 Å². The number of aromatic nitrogens is 1. The lowest BCUT2D eigenvalue weighted by Gasteiger charge is -2.33. The third kappa shape index (κ3) is 4.53. The van der Waals surface area contributed by atoms with E-state index in [1.165, 1.54) is 4.31 Å². The lowest BCUT2D eigenvalue weighted by molar-refractivity contribution is 0.0901. The molecule has 0 saturated carbocycles. The number of aryl methyl sites for hydroxylation is 2. The average Bonchev–Trinajstić information content (AvgIpc) is 2.97. The van der Waals surface area contributed by atoms with Crippen molar-refractivity contribution in [2.24, 2.45) is 0 Å². The number of rotatable bonds is 5. The molecule has 30 heavy (non-hydrogen) atoms. The van der Waals surface area contributed by atoms with Gasteiger partial charge >= 0.3 is 0 Å². The van der Waals surface area contributed by atoms with E-state index in [9.17, 15) is 13.2 Å². The van der Waals surface area contributed by atoms with Crippen LogP contribution in [0.1, 0.15) is 48.1 Å². The van der Waals surface area contributed by atoms with Crippen LogP contribution >= 0.6 is 0 Å². The van der Waals surface area contributed by atoms with Crippen LogP contribution in [0.15, 0.2) is 35.2 Å². The first-order valence-electron chi connectivity index (χ1n) is 10.4. The Kier molecular flexibility index (Phi) is 6.28. The molecule has 2 aromatic rings. The fraction of sp³-hybridized carbons (Fsp3) is 0.522. The fourth-order valence-electron chi connectivity index (χ4n) is 4.35. The number of carbonyl (C=O) groups is 1. The maximum Gasteiger partial charge on any atom is 0.243 e. The van der Waals surface area contributed by atoms with Crippen molar-refractivity contribution >= 4 is 15.8 Å². The molecule has 1 aliphatic rings. The van der Waals surface area contributed by atoms with Gasteiger partial charge < -0.3 is 4.57 Å². The van der Waals surface area contributed by atoms with Crippen molar-refractivity contribution in [3.8, 4) is 0 Å². The first kappa shape index (κ1) is 22.7. The molecular formula is C23H33N3O3S. The van der Waals surface area contributed by atoms with Crippen LogP contribution in [-0.4, -0.2) is 60.7 Å². The van der Waals surface area contributed by atoms with E-state index in [2.05, 4.69) is 25.3 Å². The first-order chi connectivity index (χ1) is 13.9. The topological polar surface area (TPSA) is 62.6 Å². The van der Waals surface area contributed by atoms with Gasteiger partial charge in [-0.1, -0.05) is 17.7 Å². The molecule has 0 atom stereocenters. The minimum Gasteiger partial charge on any atom is -0.343 e. The minimum atomic E-state index is -3.49. The van der Waals surface area contributed by atoms with Crippen LogP contribution in [0.3, 0.4) is 0 Å². The molecule has 2 heterocycles. The van der Waals surface area contributed by atoms with Gasteiger partial charge in [0.05, 0.1) is 11.4 Å². The van der Waals surface area contributed by atoms with Gasteiger partial charge in [-0.15, -0.1) is 0 Å². The van der Waals surface area contributed by atoms with Gasteiger partial charge in [-0.05, 0) is 59.7 Å². The van der Waals surface area contributed by atoms with E-state index >= 15 is 0 Å². The average molecular weight is 432 g/mol. The van der Waals surface area contributed by atoms with E-state index in [0.29, 0.717) is 37.6 Å². The number of nitrogens with zero attached hydrogens (tertiary/aromatic N) is 3. The number of carbonyl (C=O) groups excluding carboxylic acids is 1. The molecule has 1 saturated heterocycles. The number of benzene rings is 1. The molecule has 0 bridgehead atoms. The zero-order chi connectivity index (χ0) is 22.3. The molecular weight excluding hydrogens is 398 g/mol. The lowest BCUT2D eigenvalue weighted by Crippen LogP contribution is -2.49. The van der Waals surface area contributed by atoms with E-state index in [-0.39, 0.29) is 11.3 Å². The minimum absolute atomic E-state index is 0.0807. The highest BCUT2D eigenvalue weighted by atomic mass is 32.2. The van der Waals surface area contributed by atoms with Crippen LogP contribution in [0.25, 0.3) is 0 Å². The van der Waals surface area contributed by atoms with E-state index in [1.807, 2.05) is 43.9 Å². The van der Waals surface area contributed by atoms with Crippen molar-refractivity contribution in [3.05, 3.63) is 52.8 Å². The predicted octanol–water partition coefficient (Wildman–Crippen LogP) is 3.36. The van der Waals surface area contributed by atoms with Gasteiger partial charge in [0, 0.05) is 48.7 Å². The summed E-state index contributed by atoms with van der Waals surface area (Å²) in [4.78, 5) is 15.3. The number of sulfonamides is 1. The van der Waals surface area contributed by atoms with Crippen LogP contribution in [0, 0.1) is 20.8 Å². The van der Waals surface area contributed by atoms with Crippen molar-refractivity contribution in [2.45, 2.75) is 52.0 Å². The Hall–Kier alpha value is -1.96. The molecule has 0 spiro atoms. The van der Waals surface area contributed by atoms with E-state index in [1.54, 1.807) is 12.1 Å². The molecule has 0 radical (unpaired) electrons. The molecule has 0 aliphatic carbocycles. The highest BCUT2D eigenvalue weighted by Crippen LogP contribution is 2.25. The Morgan fingerprint density at radius 3 is 2.03 bits per heavy atom. The van der Waals surface area contributed by atoms with Gasteiger partial charge in [-0.3, -0.25) is 9.69 Å². The summed E-state index contributed by atoms with van der Waals surface area (Å²) in [6.45, 7) is 14.6. The van der Waals surface area contributed by atoms with Gasteiger partial charge in [0.2, 0.25) is 10.0 Å². The molecule has 1 fully saturated rings. The molecule has 6 nitrogen and oxygen atoms in total. The standard InChI is InChI=1S/C23H33N3O3S/c1-17-7-9-20(10-8-17)30(28,29)25-13-11-24(12-14-25)16-22(27)21-15-18(2)26(19(21)3)23(4,5)6/h7-10,15H,11-14,16H2,1-6H3. The number of hydrogen-bond donors (Lipinski definition) is 0. The summed E-state index contributed by atoms with van der Waals surface area (Å²) in [6, 6.07) is 8.92. The summed E-state index contributed by atoms with van der Waals surface area (Å²) in [5.74, 6) is 0.0911. The van der Waals surface area contributed by atoms with Crippen LogP contribution in [0.2, 0.25) is 0 Å². The fourth-order valence-corrected chi connectivity index (χ4v) is 5.78. The Morgan fingerprint density at radius 2 is 1.53 bits per heavy atom. The Labute approximate surface area is 180 Å². The third-order valence-electron chi connectivity index (χ3n) is 5.76. The summed E-state index contributed by atoms with van der Waals surface area (Å²) in [6.07, 6.45) is 0. The van der Waals surface area contributed by atoms with Gasteiger partial charge in [0.25, 0.3) is 0 Å². The monoisotopic (exact) mass is 431 g/mol. The summed E-state index contributed by atoms with van der Waals surface area (Å²) in [7, 11) is -3.49. The number of piperazine rings is 1. The molecule has 1 aromatic heterocycles. The van der Waals surface area contributed by atoms with Crippen LogP contribution in [-0.2, 0) is 15.6 Å². The van der Waals surface area contributed by atoms with Gasteiger partial charge in [-0.2, -0.15) is 4.31 Å². The van der Waals surface area contributed by atoms with Crippen molar-refractivity contribution in [1.82, 2.24) is 13.8 Å². The zero-order valence-corrected chi connectivity index (χ0v) is 19.7. The molecule has 0 amide bonds. The highest BCUT2D eigenvalue weighted by molar-refractivity contribution is 7.89. The summed E-state index contributed by atoms with van der Waals surface area (Å²) in [5, 5.41) is 0. The summed E-state index contributed by atoms with van der Waals surface area (Å²) in [5.41, 5.74) is 3.78. The SMILES string of the molecule is Cc1ccc(S(=O)(=O)N2CCN(CC(=O)c3cc(C)n(C(C)(C)C)c3C)CC2)cc1. The molecule has 3 rings (SSSR count). The van der Waals surface area contributed by atoms with E-state index in [0.717, 1.165) is 22.5 Å². The quantitative estimate of drug-likeness (QED) is 0.681. The van der Waals surface area contributed by atoms with E-state index < -0.39 is 10.0 Å². The second kappa shape index (κ2) is 8.29. The van der Waals surface area contributed by atoms with Gasteiger partial charge in [-0.25, -0.2) is 8.42 Å². The summed E-state index contributed by atoms with van der Waals surface area (Å²) >= 11 is 0. The molecule has 0 N–H and O–H groups in total. The maximum atomic E-state index is 13.0. The molecule has 0 unspecified atom stereocenters. The van der Waals surface area contributed by atoms with Crippen LogP contribution in [0.4, 0.5) is 0 Å². The van der Waals surface area contributed by atoms with Crippen molar-refractivity contribution < 1.29 is 13.2 Å². The van der Waals surface area contributed by atoms with E-state index in [4.69, 9.17) is 0 Å². The zero-order valence-electron chi connectivity index (χ0n) is 18.9. The lowest BCUT2D eigenvalue weighted by atomic mass is 10.1. The number of Topliss-reactive ketones (excluding diaryl/α,β-unsaturated/α-hetero) is 1. The maximum absolute atomic E-state index is 13.0. The second-order valence-electron chi connectivity index (χ2n) is 9.21. The molecule has 1 aliphatic heterocycles. The van der Waals surface area contributed by atoms with Crippen molar-refractivity contribution in [1.29, 1.82) is 0 Å². The van der Waals surface area contributed by atoms with Gasteiger partial charge in [0.15, 0.2) is 5.78 Å². The molecule has 164 valence electrons. The number of hydrogen-bond acceptors (Lipinski definition) is 4. The highest BCUT2D eigenvalue weighted by Gasteiger charge is 2.30. The molecule has 1 aromatic carbocycles. The summed E-state index contributed by atoms with van der Waals surface area (Å²) < 4.78 is 29.4. The van der Waals surface area contributed by atoms with Gasteiger partial charge in [0.1, 0.15) is 0 Å². The Morgan fingerprint density at radius 1 is 0.967 bits per heavy atom. The Bertz CT molecular complexity index is 1020. The van der Waals surface area contributed by atoms with Crippen molar-refractivity contribution in [2.75, 3.05) is 32.7 Å². The predicted molar refractivity (Wildman–Crippen MR) is 120 cm³/mol. The Balaban J connectivity index is 1.65. The normalized spacial score (nSPS) is 16.7. The smallest absolute Gasteiger partial charge is 0.243 e. The van der Waals surface area contributed by atoms with Crippen LogP contribution in [0.5, 0.6) is 0 Å². The largest absolute Gasteiger partial charge is 0.343 e. The third-order valence-corrected chi connectivity index (χ3v) is 7.67. The molecule has 7 heteroatoms. The number of ketones is 1. The second-order valence-corrected chi connectivity index (χ2v) is 11.1.